The molecule has 2 N–H and O–H groups in total. The Morgan fingerprint density at radius 1 is 0.917 bits per heavy atom. The normalized spacial score (nSPS) is 15.6. The van der Waals surface area contributed by atoms with Crippen molar-refractivity contribution in [3.05, 3.63) is 106 Å². The van der Waals surface area contributed by atoms with Crippen molar-refractivity contribution in [1.82, 2.24) is 10.6 Å². The molecule has 8 heteroatoms. The molecule has 4 nitrogen and oxygen atoms in total. The highest BCUT2D eigenvalue weighted by molar-refractivity contribution is 5.76. The number of nitriles is 1. The number of hydrogen-bond acceptors (Lipinski definition) is 2. The van der Waals surface area contributed by atoms with Gasteiger partial charge in [0.15, 0.2) is 0 Å². The Morgan fingerprint density at radius 3 is 2.17 bits per heavy atom. The van der Waals surface area contributed by atoms with Gasteiger partial charge in [-0.1, -0.05) is 55.3 Å². The Bertz CT molecular complexity index is 1250. The molecule has 1 fully saturated rings. The van der Waals surface area contributed by atoms with Gasteiger partial charge >= 0.3 is 12.2 Å². The zero-order chi connectivity index (χ0) is 25.8. The monoisotopic (exact) mass is 495 g/mol. The molecule has 0 radical (unpaired) electrons. The third kappa shape index (κ3) is 5.68. The maximum atomic E-state index is 14.7. The number of hydrogen-bond donors (Lipinski definition) is 2. The summed E-state index contributed by atoms with van der Waals surface area (Å²) in [6, 6.07) is 18.9. The van der Waals surface area contributed by atoms with Gasteiger partial charge in [0.05, 0.1) is 22.7 Å². The van der Waals surface area contributed by atoms with E-state index in [2.05, 4.69) is 10.6 Å². The van der Waals surface area contributed by atoms with Crippen LogP contribution in [0.2, 0.25) is 0 Å². The summed E-state index contributed by atoms with van der Waals surface area (Å²) in [4.78, 5) is 13.3. The minimum atomic E-state index is -4.79. The molecule has 0 aliphatic heterocycles. The molecule has 1 saturated carbocycles. The topological polar surface area (TPSA) is 64.9 Å². The number of carbonyl (C=O) groups is 1. The molecule has 0 saturated heterocycles. The molecule has 2 amide bonds. The van der Waals surface area contributed by atoms with E-state index in [-0.39, 0.29) is 18.0 Å². The maximum absolute atomic E-state index is 14.7. The van der Waals surface area contributed by atoms with Gasteiger partial charge in [0, 0.05) is 12.5 Å². The number of alkyl halides is 3. The van der Waals surface area contributed by atoms with E-state index in [9.17, 15) is 27.6 Å². The molecule has 0 bridgehead atoms. The van der Waals surface area contributed by atoms with E-state index in [1.165, 1.54) is 12.1 Å². The van der Waals surface area contributed by atoms with Gasteiger partial charge in [-0.05, 0) is 59.9 Å². The number of nitrogens with one attached hydrogen (secondary N) is 2. The fourth-order valence-electron chi connectivity index (χ4n) is 4.78. The van der Waals surface area contributed by atoms with Gasteiger partial charge in [0.1, 0.15) is 5.82 Å². The smallest absolute Gasteiger partial charge is 0.335 e. The highest BCUT2D eigenvalue weighted by Gasteiger charge is 2.40. The SMILES string of the molecule is N#Cc1ccc(C(Cc2ccccc2)(NC(=O)NC2CCCC2)c2cc(F)cc(C(F)(F)F)c2)cc1. The van der Waals surface area contributed by atoms with E-state index in [0.717, 1.165) is 43.4 Å². The number of nitrogens with zero attached hydrogens (tertiary/aromatic N) is 1. The van der Waals surface area contributed by atoms with Gasteiger partial charge in [-0.2, -0.15) is 18.4 Å². The summed E-state index contributed by atoms with van der Waals surface area (Å²) in [6.45, 7) is 0. The van der Waals surface area contributed by atoms with Crippen LogP contribution in [0.1, 0.15) is 53.5 Å². The number of halogens is 4. The van der Waals surface area contributed by atoms with Gasteiger partial charge in [-0.25, -0.2) is 9.18 Å². The largest absolute Gasteiger partial charge is 0.416 e. The van der Waals surface area contributed by atoms with E-state index < -0.39 is 29.1 Å². The van der Waals surface area contributed by atoms with Crippen molar-refractivity contribution in [1.29, 1.82) is 5.26 Å². The maximum Gasteiger partial charge on any atom is 0.416 e. The van der Waals surface area contributed by atoms with E-state index in [0.29, 0.717) is 17.2 Å². The summed E-state index contributed by atoms with van der Waals surface area (Å²) in [5.41, 5.74) is -1.27. The summed E-state index contributed by atoms with van der Waals surface area (Å²) in [6.07, 6.45) is -1.14. The van der Waals surface area contributed by atoms with Gasteiger partial charge in [-0.15, -0.1) is 0 Å². The molecule has 186 valence electrons. The van der Waals surface area contributed by atoms with Crippen molar-refractivity contribution < 1.29 is 22.4 Å². The molecule has 1 aliphatic carbocycles. The second-order valence-corrected chi connectivity index (χ2v) is 9.06. The minimum absolute atomic E-state index is 0.0429. The van der Waals surface area contributed by atoms with Crippen molar-refractivity contribution in [2.45, 2.75) is 49.9 Å². The first-order valence-corrected chi connectivity index (χ1v) is 11.7. The van der Waals surface area contributed by atoms with Crippen LogP contribution in [-0.2, 0) is 18.1 Å². The van der Waals surface area contributed by atoms with Crippen LogP contribution in [-0.4, -0.2) is 12.1 Å². The van der Waals surface area contributed by atoms with E-state index in [4.69, 9.17) is 0 Å². The average molecular weight is 496 g/mol. The van der Waals surface area contributed by atoms with E-state index in [1.807, 2.05) is 6.07 Å². The van der Waals surface area contributed by atoms with Crippen LogP contribution in [0.25, 0.3) is 0 Å². The number of rotatable bonds is 6. The number of amides is 2. The van der Waals surface area contributed by atoms with Crippen LogP contribution in [0.15, 0.2) is 72.8 Å². The summed E-state index contributed by atoms with van der Waals surface area (Å²) < 4.78 is 55.7. The lowest BCUT2D eigenvalue weighted by Gasteiger charge is -2.37. The van der Waals surface area contributed by atoms with Crippen LogP contribution in [0.5, 0.6) is 0 Å². The Labute approximate surface area is 207 Å². The van der Waals surface area contributed by atoms with E-state index >= 15 is 0 Å². The molecule has 0 aromatic heterocycles. The number of urea groups is 1. The van der Waals surface area contributed by atoms with Crippen LogP contribution in [0.3, 0.4) is 0 Å². The molecule has 36 heavy (non-hydrogen) atoms. The first kappa shape index (κ1) is 25.2. The molecular weight excluding hydrogens is 470 g/mol. The van der Waals surface area contributed by atoms with Crippen molar-refractivity contribution in [2.75, 3.05) is 0 Å². The van der Waals surface area contributed by atoms with Crippen LogP contribution in [0.4, 0.5) is 22.4 Å². The third-order valence-corrected chi connectivity index (χ3v) is 6.55. The molecule has 1 aliphatic rings. The number of carbonyl (C=O) groups excluding carboxylic acids is 1. The van der Waals surface area contributed by atoms with Crippen molar-refractivity contribution in [3.63, 3.8) is 0 Å². The second-order valence-electron chi connectivity index (χ2n) is 9.06. The first-order valence-electron chi connectivity index (χ1n) is 11.7. The Kier molecular flexibility index (Phi) is 7.30. The van der Waals surface area contributed by atoms with Crippen LogP contribution >= 0.6 is 0 Å². The minimum Gasteiger partial charge on any atom is -0.335 e. The first-order chi connectivity index (χ1) is 17.2. The Balaban J connectivity index is 1.90. The highest BCUT2D eigenvalue weighted by atomic mass is 19.4. The molecule has 0 heterocycles. The lowest BCUT2D eigenvalue weighted by atomic mass is 9.77. The predicted molar refractivity (Wildman–Crippen MR) is 127 cm³/mol. The second kappa shape index (κ2) is 10.4. The van der Waals surface area contributed by atoms with Gasteiger partial charge in [0.25, 0.3) is 0 Å². The molecule has 4 rings (SSSR count). The molecule has 3 aromatic carbocycles. The van der Waals surface area contributed by atoms with Crippen molar-refractivity contribution >= 4 is 6.03 Å². The summed E-state index contributed by atoms with van der Waals surface area (Å²) >= 11 is 0. The standard InChI is InChI=1S/C28H25F4N3O/c29-24-15-22(14-23(16-24)28(30,31)32)27(17-19-6-2-1-3-7-19,21-12-10-20(18-33)11-13-21)35-26(36)34-25-8-4-5-9-25/h1-3,6-7,10-16,25H,4-5,8-9,17H2,(H2,34,35,36). The predicted octanol–water partition coefficient (Wildman–Crippen LogP) is 6.44. The third-order valence-electron chi connectivity index (χ3n) is 6.55. The summed E-state index contributed by atoms with van der Waals surface area (Å²) in [5, 5.41) is 15.1. The Morgan fingerprint density at radius 2 is 1.56 bits per heavy atom. The molecule has 3 aromatic rings. The lowest BCUT2D eigenvalue weighted by Crippen LogP contribution is -2.53. The zero-order valence-corrected chi connectivity index (χ0v) is 19.4. The lowest BCUT2D eigenvalue weighted by molar-refractivity contribution is -0.137. The summed E-state index contributed by atoms with van der Waals surface area (Å²) in [5.74, 6) is -1.07. The van der Waals surface area contributed by atoms with Gasteiger partial charge < -0.3 is 10.6 Å². The van der Waals surface area contributed by atoms with Crippen molar-refractivity contribution in [3.8, 4) is 6.07 Å². The highest BCUT2D eigenvalue weighted by Crippen LogP contribution is 2.38. The van der Waals surface area contributed by atoms with Gasteiger partial charge in [0.2, 0.25) is 0 Å². The van der Waals surface area contributed by atoms with E-state index in [1.54, 1.807) is 42.5 Å². The van der Waals surface area contributed by atoms with Crippen LogP contribution in [0, 0.1) is 17.1 Å². The van der Waals surface area contributed by atoms with Gasteiger partial charge in [-0.3, -0.25) is 0 Å². The number of benzene rings is 3. The Hall–Kier alpha value is -3.86. The van der Waals surface area contributed by atoms with Crippen LogP contribution < -0.4 is 10.6 Å². The fraction of sp³-hybridized carbons (Fsp3) is 0.286. The molecule has 0 spiro atoms. The van der Waals surface area contributed by atoms with Crippen molar-refractivity contribution in [2.24, 2.45) is 0 Å². The molecule has 1 atom stereocenters. The average Bonchev–Trinajstić information content (AvgIpc) is 3.36. The zero-order valence-electron chi connectivity index (χ0n) is 19.4. The summed E-state index contributed by atoms with van der Waals surface area (Å²) in [7, 11) is 0. The molecular formula is C28H25F4N3O. The quantitative estimate of drug-likeness (QED) is 0.386. The molecule has 1 unspecified atom stereocenters. The fourth-order valence-corrected chi connectivity index (χ4v) is 4.78.